The second-order valence-electron chi connectivity index (χ2n) is 3.08. The summed E-state index contributed by atoms with van der Waals surface area (Å²) in [6, 6.07) is 0. The summed E-state index contributed by atoms with van der Waals surface area (Å²) in [5.74, 6) is -0.313. The van der Waals surface area contributed by atoms with Crippen molar-refractivity contribution < 1.29 is 22.7 Å². The first-order valence-corrected chi connectivity index (χ1v) is 5.74. The number of hydrogen-bond donors (Lipinski definition) is 0. The lowest BCUT2D eigenvalue weighted by Crippen LogP contribution is -2.15. The van der Waals surface area contributed by atoms with Gasteiger partial charge in [-0.2, -0.15) is 24.9 Å². The van der Waals surface area contributed by atoms with Crippen LogP contribution in [0.3, 0.4) is 0 Å². The molecule has 2 nitrogen and oxygen atoms in total. The van der Waals surface area contributed by atoms with Crippen LogP contribution in [0.5, 0.6) is 0 Å². The lowest BCUT2D eigenvalue weighted by molar-refractivity contribution is -0.143. The minimum Gasteiger partial charge on any atom is -0.465 e. The van der Waals surface area contributed by atoms with E-state index < -0.39 is 12.6 Å². The van der Waals surface area contributed by atoms with E-state index in [1.165, 1.54) is 0 Å². The Balaban J connectivity index is 3.49. The van der Waals surface area contributed by atoms with Gasteiger partial charge in [0, 0.05) is 17.4 Å². The van der Waals surface area contributed by atoms with Gasteiger partial charge in [0.15, 0.2) is 0 Å². The Morgan fingerprint density at radius 2 is 2.07 bits per heavy atom. The van der Waals surface area contributed by atoms with Crippen molar-refractivity contribution >= 4 is 17.7 Å². The topological polar surface area (TPSA) is 26.3 Å². The van der Waals surface area contributed by atoms with Crippen molar-refractivity contribution in [1.29, 1.82) is 0 Å². The summed E-state index contributed by atoms with van der Waals surface area (Å²) < 4.78 is 40.1. The second kappa shape index (κ2) is 6.98. The molecule has 90 valence electrons. The molecule has 0 spiro atoms. The summed E-state index contributed by atoms with van der Waals surface area (Å²) in [5, 5.41) is -0.0946. The molecule has 0 saturated heterocycles. The maximum Gasteiger partial charge on any atom is 0.389 e. The van der Waals surface area contributed by atoms with Gasteiger partial charge in [0.25, 0.3) is 0 Å². The van der Waals surface area contributed by atoms with E-state index in [0.717, 1.165) is 11.8 Å². The van der Waals surface area contributed by atoms with E-state index >= 15 is 0 Å². The van der Waals surface area contributed by atoms with Gasteiger partial charge < -0.3 is 4.74 Å². The fraction of sp³-hybridized carbons (Fsp3) is 0.889. The largest absolute Gasteiger partial charge is 0.465 e. The molecule has 0 fully saturated rings. The fourth-order valence-corrected chi connectivity index (χ4v) is 1.65. The quantitative estimate of drug-likeness (QED) is 0.672. The van der Waals surface area contributed by atoms with Crippen molar-refractivity contribution in [3.63, 3.8) is 0 Å². The van der Waals surface area contributed by atoms with Gasteiger partial charge in [0.05, 0.1) is 6.42 Å². The standard InChI is InChI=1S/C9H15F3O2S/c1-3-8(13)14-6-7(2)15-5-4-9(10,11)12/h7H,3-6H2,1-2H3. The van der Waals surface area contributed by atoms with E-state index in [2.05, 4.69) is 0 Å². The maximum absolute atomic E-state index is 11.8. The molecule has 0 rings (SSSR count). The lowest BCUT2D eigenvalue weighted by atomic mass is 10.5. The number of ether oxygens (including phenoxy) is 1. The Labute approximate surface area is 91.6 Å². The van der Waals surface area contributed by atoms with Gasteiger partial charge in [-0.3, -0.25) is 4.79 Å². The zero-order valence-electron chi connectivity index (χ0n) is 8.76. The average Bonchev–Trinajstić information content (AvgIpc) is 2.12. The molecule has 0 aliphatic rings. The third kappa shape index (κ3) is 9.90. The molecule has 1 unspecified atom stereocenters. The number of carbonyl (C=O) groups excluding carboxylic acids is 1. The highest BCUT2D eigenvalue weighted by molar-refractivity contribution is 7.99. The molecule has 0 bridgehead atoms. The predicted octanol–water partition coefficient (Wildman–Crippen LogP) is 3.01. The predicted molar refractivity (Wildman–Crippen MR) is 53.8 cm³/mol. The third-order valence-electron chi connectivity index (χ3n) is 1.56. The molecule has 0 radical (unpaired) electrons. The molecule has 0 aliphatic carbocycles. The van der Waals surface area contributed by atoms with Crippen LogP contribution in [0.25, 0.3) is 0 Å². The van der Waals surface area contributed by atoms with E-state index in [0.29, 0.717) is 6.42 Å². The van der Waals surface area contributed by atoms with Gasteiger partial charge >= 0.3 is 12.1 Å². The van der Waals surface area contributed by atoms with E-state index in [9.17, 15) is 18.0 Å². The van der Waals surface area contributed by atoms with Gasteiger partial charge in [-0.25, -0.2) is 0 Å². The highest BCUT2D eigenvalue weighted by Gasteiger charge is 2.26. The molecule has 0 heterocycles. The van der Waals surface area contributed by atoms with Gasteiger partial charge in [-0.05, 0) is 6.92 Å². The smallest absolute Gasteiger partial charge is 0.389 e. The Kier molecular flexibility index (Phi) is 6.80. The minimum absolute atomic E-state index is 0.00828. The van der Waals surface area contributed by atoms with Crippen LogP contribution in [0.15, 0.2) is 0 Å². The Bertz CT molecular complexity index is 194. The molecule has 15 heavy (non-hydrogen) atoms. The zero-order chi connectivity index (χ0) is 11.9. The van der Waals surface area contributed by atoms with Crippen molar-refractivity contribution in [2.45, 2.75) is 38.1 Å². The number of carbonyl (C=O) groups is 1. The van der Waals surface area contributed by atoms with Crippen LogP contribution < -0.4 is 0 Å². The summed E-state index contributed by atoms with van der Waals surface area (Å²) >= 11 is 1.16. The molecule has 1 atom stereocenters. The van der Waals surface area contributed by atoms with Crippen LogP contribution in [0.4, 0.5) is 13.2 Å². The summed E-state index contributed by atoms with van der Waals surface area (Å²) in [6.45, 7) is 3.59. The first kappa shape index (κ1) is 14.6. The Morgan fingerprint density at radius 1 is 1.47 bits per heavy atom. The second-order valence-corrected chi connectivity index (χ2v) is 4.63. The highest BCUT2D eigenvalue weighted by atomic mass is 32.2. The summed E-state index contributed by atoms with van der Waals surface area (Å²) in [6.07, 6.45) is -4.61. The Hall–Kier alpha value is -0.390. The van der Waals surface area contributed by atoms with E-state index in [1.807, 2.05) is 0 Å². The SMILES string of the molecule is CCC(=O)OCC(C)SCCC(F)(F)F. The van der Waals surface area contributed by atoms with Crippen LogP contribution in [0.2, 0.25) is 0 Å². The molecular formula is C9H15F3O2S. The maximum atomic E-state index is 11.8. The molecule has 0 aromatic heterocycles. The molecule has 0 saturated carbocycles. The fourth-order valence-electron chi connectivity index (χ4n) is 0.736. The zero-order valence-corrected chi connectivity index (χ0v) is 9.58. The molecule has 6 heteroatoms. The highest BCUT2D eigenvalue weighted by Crippen LogP contribution is 2.23. The van der Waals surface area contributed by atoms with Crippen molar-refractivity contribution in [3.05, 3.63) is 0 Å². The van der Waals surface area contributed by atoms with Gasteiger partial charge in [0.2, 0.25) is 0 Å². The summed E-state index contributed by atoms with van der Waals surface area (Å²) in [5.41, 5.74) is 0. The average molecular weight is 244 g/mol. The number of alkyl halides is 3. The Morgan fingerprint density at radius 3 is 2.53 bits per heavy atom. The van der Waals surface area contributed by atoms with Crippen molar-refractivity contribution in [2.24, 2.45) is 0 Å². The number of esters is 1. The molecule has 0 amide bonds. The molecule has 0 aliphatic heterocycles. The molecule has 0 aromatic rings. The normalized spacial score (nSPS) is 13.7. The van der Waals surface area contributed by atoms with Crippen LogP contribution in [0, 0.1) is 0 Å². The van der Waals surface area contributed by atoms with Crippen LogP contribution in [-0.2, 0) is 9.53 Å². The molecular weight excluding hydrogens is 229 g/mol. The van der Waals surface area contributed by atoms with Crippen molar-refractivity contribution in [1.82, 2.24) is 0 Å². The summed E-state index contributed by atoms with van der Waals surface area (Å²) in [7, 11) is 0. The minimum atomic E-state index is -4.10. The lowest BCUT2D eigenvalue weighted by Gasteiger charge is -2.12. The monoisotopic (exact) mass is 244 g/mol. The van der Waals surface area contributed by atoms with Gasteiger partial charge in [-0.1, -0.05) is 6.92 Å². The number of rotatable bonds is 6. The van der Waals surface area contributed by atoms with Crippen molar-refractivity contribution in [2.75, 3.05) is 12.4 Å². The number of halogens is 3. The van der Waals surface area contributed by atoms with Crippen molar-refractivity contribution in [3.8, 4) is 0 Å². The van der Waals surface area contributed by atoms with E-state index in [1.54, 1.807) is 13.8 Å². The number of thioether (sulfide) groups is 1. The third-order valence-corrected chi connectivity index (χ3v) is 2.70. The summed E-state index contributed by atoms with van der Waals surface area (Å²) in [4.78, 5) is 10.7. The first-order chi connectivity index (χ1) is 6.85. The first-order valence-electron chi connectivity index (χ1n) is 4.69. The van der Waals surface area contributed by atoms with Gasteiger partial charge in [0.1, 0.15) is 6.61 Å². The van der Waals surface area contributed by atoms with Crippen LogP contribution in [-0.4, -0.2) is 29.8 Å². The van der Waals surface area contributed by atoms with Gasteiger partial charge in [-0.15, -0.1) is 0 Å². The molecule has 0 aromatic carbocycles. The van der Waals surface area contributed by atoms with E-state index in [4.69, 9.17) is 4.74 Å². The van der Waals surface area contributed by atoms with Crippen LogP contribution >= 0.6 is 11.8 Å². The van der Waals surface area contributed by atoms with Crippen LogP contribution in [0.1, 0.15) is 26.7 Å². The number of hydrogen-bond acceptors (Lipinski definition) is 3. The van der Waals surface area contributed by atoms with E-state index in [-0.39, 0.29) is 23.6 Å². The molecule has 0 N–H and O–H groups in total.